The number of carbonyl (C=O) groups is 1. The Labute approximate surface area is 139 Å². The van der Waals surface area contributed by atoms with E-state index in [2.05, 4.69) is 14.5 Å². The number of nitrogens with zero attached hydrogens (tertiary/aromatic N) is 3. The van der Waals surface area contributed by atoms with Crippen LogP contribution in [0, 0.1) is 0 Å². The van der Waals surface area contributed by atoms with Gasteiger partial charge in [-0.15, -0.1) is 5.10 Å². The molecule has 0 aliphatic carbocycles. The number of esters is 1. The average molecular weight is 355 g/mol. The highest BCUT2D eigenvalue weighted by Gasteiger charge is 2.22. The van der Waals surface area contributed by atoms with Gasteiger partial charge in [0.25, 0.3) is 10.1 Å². The molecule has 0 N–H and O–H groups in total. The fourth-order valence-corrected chi connectivity index (χ4v) is 2.27. The van der Waals surface area contributed by atoms with Gasteiger partial charge in [0.2, 0.25) is 0 Å². The molecule has 0 radical (unpaired) electrons. The molecule has 24 heavy (non-hydrogen) atoms. The van der Waals surface area contributed by atoms with Crippen molar-refractivity contribution in [2.75, 3.05) is 20.5 Å². The van der Waals surface area contributed by atoms with Gasteiger partial charge in [-0.3, -0.25) is 4.18 Å². The summed E-state index contributed by atoms with van der Waals surface area (Å²) in [5.41, 5.74) is 0.971. The molecule has 1 heterocycles. The summed E-state index contributed by atoms with van der Waals surface area (Å²) >= 11 is 0. The van der Waals surface area contributed by atoms with Crippen LogP contribution in [-0.4, -0.2) is 49.9 Å². The summed E-state index contributed by atoms with van der Waals surface area (Å²) in [5.74, 6) is 0.0217. The van der Waals surface area contributed by atoms with Crippen molar-refractivity contribution in [3.63, 3.8) is 0 Å². The lowest BCUT2D eigenvalue weighted by Crippen LogP contribution is -2.15. The van der Waals surface area contributed by atoms with Gasteiger partial charge >= 0.3 is 5.97 Å². The minimum Gasteiger partial charge on any atom is -0.497 e. The molecule has 1 aromatic carbocycles. The van der Waals surface area contributed by atoms with Gasteiger partial charge < -0.3 is 9.47 Å². The van der Waals surface area contributed by atoms with E-state index in [9.17, 15) is 13.2 Å². The second-order valence-electron chi connectivity index (χ2n) is 4.85. The van der Waals surface area contributed by atoms with Gasteiger partial charge in [0.1, 0.15) is 18.1 Å². The molecule has 0 spiro atoms. The summed E-state index contributed by atoms with van der Waals surface area (Å²) in [6.07, 6.45) is 0.909. The molecule has 0 bridgehead atoms. The normalized spacial score (nSPS) is 11.3. The summed E-state index contributed by atoms with van der Waals surface area (Å²) in [7, 11) is -0.890. The molecule has 0 fully saturated rings. The second-order valence-corrected chi connectivity index (χ2v) is 6.49. The number of methoxy groups -OCH3 is 2. The van der Waals surface area contributed by atoms with Gasteiger partial charge in [0.05, 0.1) is 27.0 Å². The zero-order chi connectivity index (χ0) is 17.7. The molecule has 0 saturated heterocycles. The van der Waals surface area contributed by atoms with Crippen LogP contribution in [0.15, 0.2) is 24.3 Å². The summed E-state index contributed by atoms with van der Waals surface area (Å²) in [5, 5.41) is 7.70. The van der Waals surface area contributed by atoms with Gasteiger partial charge in [0.15, 0.2) is 5.69 Å². The highest BCUT2D eigenvalue weighted by atomic mass is 32.2. The maximum absolute atomic E-state index is 12.0. The molecule has 10 heteroatoms. The Hall–Kier alpha value is -2.46. The van der Waals surface area contributed by atoms with Crippen LogP contribution in [-0.2, 0) is 32.2 Å². The predicted octanol–water partition coefficient (Wildman–Crippen LogP) is 0.598. The lowest BCUT2D eigenvalue weighted by Gasteiger charge is -2.07. The number of hydrogen-bond acceptors (Lipinski definition) is 8. The molecule has 1 aromatic heterocycles. The van der Waals surface area contributed by atoms with E-state index in [0.717, 1.165) is 11.8 Å². The molecule has 2 rings (SSSR count). The Morgan fingerprint density at radius 3 is 2.42 bits per heavy atom. The number of hydrogen-bond donors (Lipinski definition) is 0. The van der Waals surface area contributed by atoms with Crippen molar-refractivity contribution in [2.45, 2.75) is 13.2 Å². The third-order valence-electron chi connectivity index (χ3n) is 3.08. The third-order valence-corrected chi connectivity index (χ3v) is 3.63. The van der Waals surface area contributed by atoms with E-state index in [0.29, 0.717) is 5.75 Å². The molecular weight excluding hydrogens is 338 g/mol. The molecule has 0 aliphatic heterocycles. The van der Waals surface area contributed by atoms with Crippen molar-refractivity contribution in [2.24, 2.45) is 0 Å². The second kappa shape index (κ2) is 7.41. The summed E-state index contributed by atoms with van der Waals surface area (Å²) < 4.78 is 38.0. The highest BCUT2D eigenvalue weighted by molar-refractivity contribution is 7.85. The zero-order valence-corrected chi connectivity index (χ0v) is 14.2. The monoisotopic (exact) mass is 355 g/mol. The van der Waals surface area contributed by atoms with Crippen LogP contribution in [0.2, 0.25) is 0 Å². The maximum Gasteiger partial charge on any atom is 0.358 e. The van der Waals surface area contributed by atoms with E-state index in [4.69, 9.17) is 9.47 Å². The summed E-state index contributed by atoms with van der Waals surface area (Å²) in [6.45, 7) is -0.147. The van der Waals surface area contributed by atoms with E-state index in [-0.39, 0.29) is 17.9 Å². The summed E-state index contributed by atoms with van der Waals surface area (Å²) in [4.78, 5) is 12.0. The first-order valence-electron chi connectivity index (χ1n) is 6.82. The van der Waals surface area contributed by atoms with Gasteiger partial charge in [-0.25, -0.2) is 9.48 Å². The van der Waals surface area contributed by atoms with Crippen molar-refractivity contribution in [1.82, 2.24) is 15.0 Å². The average Bonchev–Trinajstić information content (AvgIpc) is 2.95. The zero-order valence-electron chi connectivity index (χ0n) is 13.4. The Morgan fingerprint density at radius 1 is 1.21 bits per heavy atom. The van der Waals surface area contributed by atoms with Crippen molar-refractivity contribution < 1.29 is 26.9 Å². The van der Waals surface area contributed by atoms with E-state index < -0.39 is 22.7 Å². The molecule has 0 amide bonds. The maximum atomic E-state index is 12.0. The molecule has 0 saturated carbocycles. The molecular formula is C14H17N3O6S. The van der Waals surface area contributed by atoms with Crippen LogP contribution in [0.25, 0.3) is 0 Å². The minimum atomic E-state index is -3.67. The fraction of sp³-hybridized carbons (Fsp3) is 0.357. The SMILES string of the molecule is COC(=O)c1c(COS(C)(=O)=O)nnn1Cc1ccc(OC)cc1. The highest BCUT2D eigenvalue weighted by Crippen LogP contribution is 2.15. The van der Waals surface area contributed by atoms with E-state index in [1.54, 1.807) is 19.2 Å². The number of rotatable bonds is 7. The first-order chi connectivity index (χ1) is 11.3. The first kappa shape index (κ1) is 17.9. The lowest BCUT2D eigenvalue weighted by atomic mass is 10.2. The van der Waals surface area contributed by atoms with E-state index in [1.165, 1.54) is 11.8 Å². The van der Waals surface area contributed by atoms with Crippen LogP contribution in [0.1, 0.15) is 21.7 Å². The number of carbonyl (C=O) groups excluding carboxylic acids is 1. The molecule has 0 unspecified atom stereocenters. The fourth-order valence-electron chi connectivity index (χ4n) is 1.94. The molecule has 2 aromatic rings. The number of aromatic nitrogens is 3. The predicted molar refractivity (Wildman–Crippen MR) is 83.1 cm³/mol. The van der Waals surface area contributed by atoms with Gasteiger partial charge in [0, 0.05) is 0 Å². The minimum absolute atomic E-state index is 0.0389. The van der Waals surface area contributed by atoms with Crippen LogP contribution >= 0.6 is 0 Å². The van der Waals surface area contributed by atoms with E-state index in [1.807, 2.05) is 12.1 Å². The standard InChI is InChI=1S/C14H17N3O6S/c1-21-11-6-4-10(5-7-11)8-17-13(14(18)22-2)12(15-16-17)9-23-24(3,19)20/h4-7H,8-9H2,1-3H3. The Kier molecular flexibility index (Phi) is 5.52. The van der Waals surface area contributed by atoms with Crippen LogP contribution in [0.5, 0.6) is 5.75 Å². The number of ether oxygens (including phenoxy) is 2. The van der Waals surface area contributed by atoms with Crippen molar-refractivity contribution in [1.29, 1.82) is 0 Å². The third kappa shape index (κ3) is 4.52. The van der Waals surface area contributed by atoms with Crippen LogP contribution < -0.4 is 4.74 Å². The Morgan fingerprint density at radius 2 is 1.88 bits per heavy atom. The van der Waals surface area contributed by atoms with Crippen LogP contribution in [0.3, 0.4) is 0 Å². The van der Waals surface area contributed by atoms with Gasteiger partial charge in [-0.1, -0.05) is 17.3 Å². The van der Waals surface area contributed by atoms with Crippen molar-refractivity contribution >= 4 is 16.1 Å². The molecule has 9 nitrogen and oxygen atoms in total. The number of benzene rings is 1. The van der Waals surface area contributed by atoms with Crippen molar-refractivity contribution in [3.05, 3.63) is 41.2 Å². The molecule has 130 valence electrons. The smallest absolute Gasteiger partial charge is 0.358 e. The Balaban J connectivity index is 2.28. The quantitative estimate of drug-likeness (QED) is 0.524. The van der Waals surface area contributed by atoms with E-state index >= 15 is 0 Å². The van der Waals surface area contributed by atoms with Gasteiger partial charge in [-0.2, -0.15) is 8.42 Å². The topological polar surface area (TPSA) is 110 Å². The largest absolute Gasteiger partial charge is 0.497 e. The Bertz CT molecular complexity index is 814. The molecule has 0 aliphatic rings. The lowest BCUT2D eigenvalue weighted by molar-refractivity contribution is 0.0584. The van der Waals surface area contributed by atoms with Crippen molar-refractivity contribution in [3.8, 4) is 5.75 Å². The summed E-state index contributed by atoms with van der Waals surface area (Å²) in [6, 6.07) is 7.18. The molecule has 0 atom stereocenters. The first-order valence-corrected chi connectivity index (χ1v) is 8.63. The van der Waals surface area contributed by atoms with Gasteiger partial charge in [-0.05, 0) is 17.7 Å². The van der Waals surface area contributed by atoms with Crippen LogP contribution in [0.4, 0.5) is 0 Å².